The van der Waals surface area contributed by atoms with Crippen LogP contribution in [0, 0.1) is 0 Å². The number of piperidine rings is 1. The fourth-order valence-corrected chi connectivity index (χ4v) is 4.19. The van der Waals surface area contributed by atoms with E-state index in [1.807, 2.05) is 4.90 Å². The molecule has 0 aromatic heterocycles. The lowest BCUT2D eigenvalue weighted by atomic mass is 9.97. The van der Waals surface area contributed by atoms with Crippen LogP contribution in [0.15, 0.2) is 36.4 Å². The second-order valence-electron chi connectivity index (χ2n) is 7.49. The topological polar surface area (TPSA) is 77.1 Å². The van der Waals surface area contributed by atoms with E-state index >= 15 is 0 Å². The van der Waals surface area contributed by atoms with Crippen molar-refractivity contribution >= 4 is 17.5 Å². The average Bonchev–Trinajstić information content (AvgIpc) is 2.78. The van der Waals surface area contributed by atoms with Crippen molar-refractivity contribution in [3.05, 3.63) is 47.5 Å². The van der Waals surface area contributed by atoms with Gasteiger partial charge in [0, 0.05) is 24.7 Å². The van der Waals surface area contributed by atoms with Gasteiger partial charge in [0.1, 0.15) is 5.75 Å². The molecular weight excluding hydrogens is 384 g/mol. The van der Waals surface area contributed by atoms with E-state index in [-0.39, 0.29) is 17.9 Å². The highest BCUT2D eigenvalue weighted by molar-refractivity contribution is 6.07. The number of methoxy groups -OCH3 is 2. The van der Waals surface area contributed by atoms with E-state index in [4.69, 9.17) is 14.2 Å². The molecule has 1 atom stereocenters. The lowest BCUT2D eigenvalue weighted by Gasteiger charge is -2.37. The van der Waals surface area contributed by atoms with Crippen LogP contribution in [-0.2, 0) is 0 Å². The molecule has 0 saturated carbocycles. The molecule has 158 valence electrons. The van der Waals surface area contributed by atoms with Crippen molar-refractivity contribution < 1.29 is 23.8 Å². The van der Waals surface area contributed by atoms with Gasteiger partial charge in [0.25, 0.3) is 11.8 Å². The zero-order chi connectivity index (χ0) is 21.1. The summed E-state index contributed by atoms with van der Waals surface area (Å²) in [5.41, 5.74) is 1.36. The molecule has 7 heteroatoms. The molecule has 1 saturated heterocycles. The van der Waals surface area contributed by atoms with E-state index in [1.165, 1.54) is 14.2 Å². The molecule has 0 bridgehead atoms. The van der Waals surface area contributed by atoms with E-state index in [0.29, 0.717) is 40.7 Å². The van der Waals surface area contributed by atoms with Crippen molar-refractivity contribution in [2.45, 2.75) is 31.7 Å². The highest BCUT2D eigenvalue weighted by atomic mass is 16.5. The van der Waals surface area contributed by atoms with Crippen LogP contribution in [0.25, 0.3) is 0 Å². The molecular formula is C23H26N2O5. The Morgan fingerprint density at radius 2 is 2.00 bits per heavy atom. The molecule has 2 amide bonds. The molecule has 4 rings (SSSR count). The number of amides is 2. The quantitative estimate of drug-likeness (QED) is 0.831. The van der Waals surface area contributed by atoms with Crippen LogP contribution in [0.3, 0.4) is 0 Å². The maximum absolute atomic E-state index is 13.2. The molecule has 2 heterocycles. The molecule has 2 aliphatic rings. The third-order valence-electron chi connectivity index (χ3n) is 5.71. The van der Waals surface area contributed by atoms with Gasteiger partial charge in [-0.05, 0) is 49.6 Å². The summed E-state index contributed by atoms with van der Waals surface area (Å²) >= 11 is 0. The van der Waals surface area contributed by atoms with Crippen molar-refractivity contribution in [1.82, 2.24) is 4.90 Å². The summed E-state index contributed by atoms with van der Waals surface area (Å²) in [6, 6.07) is 10.5. The standard InChI is InChI=1S/C23H26N2O5/c1-28-20-8-5-7-17(21(20)29-2)22(26)24-15-9-10-19-18(14-15)23(27)25-12-4-3-6-16(25)11-13-30-19/h5,7-10,14,16H,3-4,6,11-13H2,1-2H3,(H,24,26). The SMILES string of the molecule is COc1cccc(C(=O)Nc2ccc3c(c2)C(=O)N2CCCCC2CCO3)c1OC. The predicted octanol–water partition coefficient (Wildman–Crippen LogP) is 3.73. The number of carbonyl (C=O) groups is 2. The second-order valence-corrected chi connectivity index (χ2v) is 7.49. The van der Waals surface area contributed by atoms with E-state index < -0.39 is 0 Å². The molecule has 7 nitrogen and oxygen atoms in total. The fraction of sp³-hybridized carbons (Fsp3) is 0.391. The summed E-state index contributed by atoms with van der Waals surface area (Å²) in [6.07, 6.45) is 4.01. The molecule has 2 aliphatic heterocycles. The first-order valence-corrected chi connectivity index (χ1v) is 10.2. The molecule has 1 N–H and O–H groups in total. The molecule has 0 aliphatic carbocycles. The van der Waals surface area contributed by atoms with Gasteiger partial charge < -0.3 is 24.4 Å². The minimum atomic E-state index is -0.347. The second kappa shape index (κ2) is 8.65. The van der Waals surface area contributed by atoms with E-state index in [1.54, 1.807) is 36.4 Å². The number of para-hydroxylation sites is 1. The van der Waals surface area contributed by atoms with Crippen LogP contribution in [-0.4, -0.2) is 50.1 Å². The van der Waals surface area contributed by atoms with Gasteiger partial charge >= 0.3 is 0 Å². The van der Waals surface area contributed by atoms with Crippen LogP contribution in [0.5, 0.6) is 17.2 Å². The predicted molar refractivity (Wildman–Crippen MR) is 113 cm³/mol. The van der Waals surface area contributed by atoms with Gasteiger partial charge in [-0.3, -0.25) is 9.59 Å². The van der Waals surface area contributed by atoms with Crippen LogP contribution < -0.4 is 19.5 Å². The molecule has 0 radical (unpaired) electrons. The number of nitrogens with zero attached hydrogens (tertiary/aromatic N) is 1. The molecule has 30 heavy (non-hydrogen) atoms. The Balaban J connectivity index is 1.61. The number of carbonyl (C=O) groups excluding carboxylic acids is 2. The van der Waals surface area contributed by atoms with Crippen LogP contribution >= 0.6 is 0 Å². The van der Waals surface area contributed by atoms with Crippen molar-refractivity contribution in [2.24, 2.45) is 0 Å². The minimum absolute atomic E-state index is 0.0375. The fourth-order valence-electron chi connectivity index (χ4n) is 4.19. The van der Waals surface area contributed by atoms with Crippen LogP contribution in [0.2, 0.25) is 0 Å². The molecule has 2 aromatic rings. The first-order chi connectivity index (χ1) is 14.6. The number of ether oxygens (including phenoxy) is 3. The number of hydrogen-bond donors (Lipinski definition) is 1. The van der Waals surface area contributed by atoms with E-state index in [2.05, 4.69) is 5.32 Å². The summed E-state index contributed by atoms with van der Waals surface area (Å²) in [5.74, 6) is 1.01. The van der Waals surface area contributed by atoms with E-state index in [9.17, 15) is 9.59 Å². The van der Waals surface area contributed by atoms with E-state index in [0.717, 1.165) is 32.2 Å². The number of rotatable bonds is 4. The zero-order valence-electron chi connectivity index (χ0n) is 17.3. The number of benzene rings is 2. The Bertz CT molecular complexity index is 959. The Hall–Kier alpha value is -3.22. The monoisotopic (exact) mass is 410 g/mol. The Morgan fingerprint density at radius 1 is 1.13 bits per heavy atom. The number of fused-ring (bicyclic) bond motifs is 2. The number of hydrogen-bond acceptors (Lipinski definition) is 5. The summed E-state index contributed by atoms with van der Waals surface area (Å²) in [7, 11) is 3.01. The summed E-state index contributed by atoms with van der Waals surface area (Å²) in [4.78, 5) is 28.1. The maximum Gasteiger partial charge on any atom is 0.259 e. The van der Waals surface area contributed by atoms with Gasteiger partial charge in [-0.15, -0.1) is 0 Å². The first-order valence-electron chi connectivity index (χ1n) is 10.2. The van der Waals surface area contributed by atoms with Gasteiger partial charge in [-0.25, -0.2) is 0 Å². The normalized spacial score (nSPS) is 18.3. The molecule has 0 spiro atoms. The lowest BCUT2D eigenvalue weighted by molar-refractivity contribution is 0.0548. The third kappa shape index (κ3) is 3.79. The van der Waals surface area contributed by atoms with Crippen molar-refractivity contribution in [3.8, 4) is 17.2 Å². The van der Waals surface area contributed by atoms with Crippen LogP contribution in [0.1, 0.15) is 46.4 Å². The van der Waals surface area contributed by atoms with Gasteiger partial charge in [0.05, 0.1) is 32.0 Å². The van der Waals surface area contributed by atoms with Gasteiger partial charge in [0.2, 0.25) is 0 Å². The Labute approximate surface area is 175 Å². The summed E-state index contributed by atoms with van der Waals surface area (Å²) in [6.45, 7) is 1.34. The number of anilines is 1. The van der Waals surface area contributed by atoms with Crippen LogP contribution in [0.4, 0.5) is 5.69 Å². The summed E-state index contributed by atoms with van der Waals surface area (Å²) in [5, 5.41) is 2.86. The van der Waals surface area contributed by atoms with Gasteiger partial charge in [-0.1, -0.05) is 6.07 Å². The highest BCUT2D eigenvalue weighted by Gasteiger charge is 2.31. The Kier molecular flexibility index (Phi) is 5.79. The first kappa shape index (κ1) is 20.1. The highest BCUT2D eigenvalue weighted by Crippen LogP contribution is 2.33. The zero-order valence-corrected chi connectivity index (χ0v) is 17.3. The summed E-state index contributed by atoms with van der Waals surface area (Å²) < 4.78 is 16.5. The molecule has 1 unspecified atom stereocenters. The lowest BCUT2D eigenvalue weighted by Crippen LogP contribution is -2.45. The van der Waals surface area contributed by atoms with Crippen molar-refractivity contribution in [2.75, 3.05) is 32.7 Å². The van der Waals surface area contributed by atoms with Gasteiger partial charge in [0.15, 0.2) is 11.5 Å². The largest absolute Gasteiger partial charge is 0.493 e. The smallest absolute Gasteiger partial charge is 0.259 e. The minimum Gasteiger partial charge on any atom is -0.493 e. The van der Waals surface area contributed by atoms with Crippen molar-refractivity contribution in [3.63, 3.8) is 0 Å². The molecule has 2 aromatic carbocycles. The average molecular weight is 410 g/mol. The maximum atomic E-state index is 13.2. The third-order valence-corrected chi connectivity index (χ3v) is 5.71. The van der Waals surface area contributed by atoms with Crippen molar-refractivity contribution in [1.29, 1.82) is 0 Å². The Morgan fingerprint density at radius 3 is 2.80 bits per heavy atom. The van der Waals surface area contributed by atoms with Gasteiger partial charge in [-0.2, -0.15) is 0 Å². The number of nitrogens with one attached hydrogen (secondary N) is 1. The molecule has 1 fully saturated rings.